The minimum absolute atomic E-state index is 0.0139. The molecule has 5 heteroatoms. The van der Waals surface area contributed by atoms with Crippen LogP contribution in [0.2, 0.25) is 0 Å². The average Bonchev–Trinajstić information content (AvgIpc) is 2.96. The van der Waals surface area contributed by atoms with Crippen molar-refractivity contribution in [3.8, 4) is 0 Å². The Morgan fingerprint density at radius 2 is 1.90 bits per heavy atom. The summed E-state index contributed by atoms with van der Waals surface area (Å²) in [7, 11) is -1.03. The highest BCUT2D eigenvalue weighted by Crippen LogP contribution is 2.22. The Morgan fingerprint density at radius 1 is 1.29 bits per heavy atom. The Hall–Kier alpha value is -1.20. The summed E-state index contributed by atoms with van der Waals surface area (Å²) in [5.74, 6) is 0.154. The Morgan fingerprint density at radius 3 is 2.38 bits per heavy atom. The summed E-state index contributed by atoms with van der Waals surface area (Å²) in [6, 6.07) is 7.03. The van der Waals surface area contributed by atoms with Crippen LogP contribution in [0.4, 0.5) is 0 Å². The van der Waals surface area contributed by atoms with E-state index in [0.717, 1.165) is 11.3 Å². The van der Waals surface area contributed by atoms with E-state index < -0.39 is 10.8 Å². The normalized spacial score (nSPS) is 21.6. The lowest BCUT2D eigenvalue weighted by Crippen LogP contribution is -2.30. The topological polar surface area (TPSA) is 57.6 Å². The van der Waals surface area contributed by atoms with E-state index in [2.05, 4.69) is 0 Å². The van der Waals surface area contributed by atoms with Crippen molar-refractivity contribution in [3.05, 3.63) is 29.8 Å². The van der Waals surface area contributed by atoms with Crippen molar-refractivity contribution < 1.29 is 14.1 Å². The standard InChI is InChI=1S/C16H23NO3S/c1-11(2)21(20)15-6-4-13(5-7-15)16(19)17-9-8-14(10-17)12(3)18/h4-7,11-12,14,18H,8-10H2,1-3H3. The van der Waals surface area contributed by atoms with E-state index in [9.17, 15) is 14.1 Å². The first kappa shape index (κ1) is 16.2. The summed E-state index contributed by atoms with van der Waals surface area (Å²) in [5.41, 5.74) is 0.616. The van der Waals surface area contributed by atoms with Crippen molar-refractivity contribution in [3.63, 3.8) is 0 Å². The molecule has 1 amide bonds. The van der Waals surface area contributed by atoms with Crippen molar-refractivity contribution in [2.45, 2.75) is 43.4 Å². The van der Waals surface area contributed by atoms with Crippen LogP contribution in [0.5, 0.6) is 0 Å². The van der Waals surface area contributed by atoms with Crippen molar-refractivity contribution in [2.24, 2.45) is 5.92 Å². The fourth-order valence-electron chi connectivity index (χ4n) is 2.55. The van der Waals surface area contributed by atoms with Crippen molar-refractivity contribution in [1.29, 1.82) is 0 Å². The van der Waals surface area contributed by atoms with Gasteiger partial charge in [-0.1, -0.05) is 13.8 Å². The lowest BCUT2D eigenvalue weighted by atomic mass is 10.0. The van der Waals surface area contributed by atoms with Crippen molar-refractivity contribution in [1.82, 2.24) is 4.90 Å². The van der Waals surface area contributed by atoms with Crippen LogP contribution in [0.3, 0.4) is 0 Å². The summed E-state index contributed by atoms with van der Waals surface area (Å²) in [6.07, 6.45) is 0.470. The molecule has 1 heterocycles. The number of nitrogens with zero attached hydrogens (tertiary/aromatic N) is 1. The number of rotatable bonds is 4. The number of aliphatic hydroxyl groups is 1. The molecule has 1 aliphatic rings. The van der Waals surface area contributed by atoms with E-state index in [-0.39, 0.29) is 23.2 Å². The van der Waals surface area contributed by atoms with E-state index in [0.29, 0.717) is 18.7 Å². The summed E-state index contributed by atoms with van der Waals surface area (Å²) < 4.78 is 12.0. The minimum Gasteiger partial charge on any atom is -0.393 e. The van der Waals surface area contributed by atoms with Crippen LogP contribution < -0.4 is 0 Å². The molecule has 21 heavy (non-hydrogen) atoms. The number of likely N-dealkylation sites (tertiary alicyclic amines) is 1. The van der Waals surface area contributed by atoms with Crippen LogP contribution in [0.1, 0.15) is 37.6 Å². The van der Waals surface area contributed by atoms with Gasteiger partial charge in [0.2, 0.25) is 0 Å². The first-order chi connectivity index (χ1) is 9.90. The molecule has 0 spiro atoms. The second kappa shape index (κ2) is 6.71. The molecule has 0 bridgehead atoms. The molecule has 116 valence electrons. The molecular weight excluding hydrogens is 286 g/mol. The molecule has 1 fully saturated rings. The maximum atomic E-state index is 12.4. The molecular formula is C16H23NO3S. The molecule has 1 saturated heterocycles. The zero-order valence-corrected chi connectivity index (χ0v) is 13.6. The predicted octanol–water partition coefficient (Wildman–Crippen LogP) is 2.05. The number of carbonyl (C=O) groups is 1. The highest BCUT2D eigenvalue weighted by molar-refractivity contribution is 7.85. The summed E-state index contributed by atoms with van der Waals surface area (Å²) >= 11 is 0. The fraction of sp³-hybridized carbons (Fsp3) is 0.562. The Labute approximate surface area is 128 Å². The summed E-state index contributed by atoms with van der Waals surface area (Å²) in [5, 5.41) is 9.67. The first-order valence-corrected chi connectivity index (χ1v) is 8.59. The van der Waals surface area contributed by atoms with Gasteiger partial charge < -0.3 is 10.0 Å². The number of hydrogen-bond donors (Lipinski definition) is 1. The van der Waals surface area contributed by atoms with Crippen LogP contribution in [0.15, 0.2) is 29.2 Å². The zero-order valence-electron chi connectivity index (χ0n) is 12.8. The number of hydrogen-bond acceptors (Lipinski definition) is 3. The molecule has 1 aromatic rings. The summed E-state index contributed by atoms with van der Waals surface area (Å²) in [4.78, 5) is 14.9. The molecule has 3 unspecified atom stereocenters. The average molecular weight is 309 g/mol. The van der Waals surface area contributed by atoms with Gasteiger partial charge in [-0.05, 0) is 37.6 Å². The fourth-order valence-corrected chi connectivity index (χ4v) is 3.50. The van der Waals surface area contributed by atoms with Gasteiger partial charge in [0.15, 0.2) is 0 Å². The third-order valence-corrected chi connectivity index (χ3v) is 5.55. The number of carbonyl (C=O) groups excluding carboxylic acids is 1. The predicted molar refractivity (Wildman–Crippen MR) is 83.7 cm³/mol. The number of benzene rings is 1. The van der Waals surface area contributed by atoms with Crippen molar-refractivity contribution in [2.75, 3.05) is 13.1 Å². The van der Waals surface area contributed by atoms with Crippen LogP contribution in [0, 0.1) is 5.92 Å². The lowest BCUT2D eigenvalue weighted by molar-refractivity contribution is 0.0762. The molecule has 1 aliphatic heterocycles. The molecule has 2 rings (SSSR count). The molecule has 4 nitrogen and oxygen atoms in total. The molecule has 1 N–H and O–H groups in total. The van der Waals surface area contributed by atoms with E-state index in [1.54, 1.807) is 36.1 Å². The van der Waals surface area contributed by atoms with E-state index in [1.165, 1.54) is 0 Å². The second-order valence-electron chi connectivity index (χ2n) is 5.91. The molecule has 0 radical (unpaired) electrons. The maximum Gasteiger partial charge on any atom is 0.253 e. The van der Waals surface area contributed by atoms with Crippen molar-refractivity contribution >= 4 is 16.7 Å². The highest BCUT2D eigenvalue weighted by atomic mass is 32.2. The SMILES string of the molecule is CC(O)C1CCN(C(=O)c2ccc(S(=O)C(C)C)cc2)C1. The monoisotopic (exact) mass is 309 g/mol. The van der Waals surface area contributed by atoms with Gasteiger partial charge in [0.05, 0.1) is 16.9 Å². The van der Waals surface area contributed by atoms with Gasteiger partial charge in [0.1, 0.15) is 0 Å². The largest absolute Gasteiger partial charge is 0.393 e. The van der Waals surface area contributed by atoms with Gasteiger partial charge in [-0.15, -0.1) is 0 Å². The zero-order chi connectivity index (χ0) is 15.6. The van der Waals surface area contributed by atoms with E-state index in [1.807, 2.05) is 13.8 Å². The van der Waals surface area contributed by atoms with Gasteiger partial charge in [-0.25, -0.2) is 0 Å². The molecule has 0 aromatic heterocycles. The van der Waals surface area contributed by atoms with E-state index in [4.69, 9.17) is 0 Å². The van der Waals surface area contributed by atoms with Crippen LogP contribution >= 0.6 is 0 Å². The maximum absolute atomic E-state index is 12.4. The molecule has 0 saturated carbocycles. The Balaban J connectivity index is 2.06. The Kier molecular flexibility index (Phi) is 5.17. The van der Waals surface area contributed by atoms with Gasteiger partial charge in [-0.2, -0.15) is 0 Å². The third-order valence-electron chi connectivity index (χ3n) is 3.96. The molecule has 1 aromatic carbocycles. The Bertz CT molecular complexity index is 525. The summed E-state index contributed by atoms with van der Waals surface area (Å²) in [6.45, 7) is 6.89. The van der Waals surface area contributed by atoms with Gasteiger partial charge in [-0.3, -0.25) is 9.00 Å². The number of aliphatic hydroxyl groups excluding tert-OH is 1. The van der Waals surface area contributed by atoms with E-state index >= 15 is 0 Å². The van der Waals surface area contributed by atoms with Gasteiger partial charge >= 0.3 is 0 Å². The third kappa shape index (κ3) is 3.71. The smallest absolute Gasteiger partial charge is 0.253 e. The molecule has 3 atom stereocenters. The lowest BCUT2D eigenvalue weighted by Gasteiger charge is -2.18. The molecule has 0 aliphatic carbocycles. The quantitative estimate of drug-likeness (QED) is 0.926. The van der Waals surface area contributed by atoms with Crippen LogP contribution in [0.25, 0.3) is 0 Å². The first-order valence-electron chi connectivity index (χ1n) is 7.38. The highest BCUT2D eigenvalue weighted by Gasteiger charge is 2.29. The van der Waals surface area contributed by atoms with Crippen LogP contribution in [-0.4, -0.2) is 44.6 Å². The van der Waals surface area contributed by atoms with Gasteiger partial charge in [0.25, 0.3) is 5.91 Å². The number of amides is 1. The second-order valence-corrected chi connectivity index (χ2v) is 7.92. The van der Waals surface area contributed by atoms with Crippen LogP contribution in [-0.2, 0) is 10.8 Å². The minimum atomic E-state index is -1.03. The van der Waals surface area contributed by atoms with Gasteiger partial charge in [0, 0.05) is 34.7 Å².